The zero-order valence-electron chi connectivity index (χ0n) is 13.3. The van der Waals surface area contributed by atoms with Gasteiger partial charge < -0.3 is 20.2 Å². The number of amides is 3. The summed E-state index contributed by atoms with van der Waals surface area (Å²) in [6, 6.07) is 6.13. The number of nitrogens with one attached hydrogen (secondary N) is 1. The Morgan fingerprint density at radius 3 is 2.25 bits per heavy atom. The lowest BCUT2D eigenvalue weighted by Gasteiger charge is -2.32. The highest BCUT2D eigenvalue weighted by Crippen LogP contribution is 2.06. The Kier molecular flexibility index (Phi) is 5.51. The first-order valence-corrected chi connectivity index (χ1v) is 7.59. The lowest BCUT2D eigenvalue weighted by atomic mass is 10.1. The van der Waals surface area contributed by atoms with Crippen molar-refractivity contribution in [2.75, 3.05) is 26.2 Å². The van der Waals surface area contributed by atoms with Crippen molar-refractivity contribution in [3.8, 4) is 0 Å². The highest BCUT2D eigenvalue weighted by Gasteiger charge is 2.32. The second kappa shape index (κ2) is 7.58. The van der Waals surface area contributed by atoms with Crippen LogP contribution in [-0.4, -0.2) is 64.8 Å². The number of carbonyl (C=O) groups is 4. The molecule has 0 radical (unpaired) electrons. The molecule has 0 aliphatic carbocycles. The summed E-state index contributed by atoms with van der Waals surface area (Å²) in [6.45, 7) is 3.06. The van der Waals surface area contributed by atoms with E-state index < -0.39 is 17.8 Å². The van der Waals surface area contributed by atoms with Crippen molar-refractivity contribution in [3.05, 3.63) is 35.4 Å². The smallest absolute Gasteiger partial charge is 0.335 e. The van der Waals surface area contributed by atoms with Gasteiger partial charge in [-0.1, -0.05) is 12.1 Å². The van der Waals surface area contributed by atoms with Crippen LogP contribution < -0.4 is 5.32 Å². The zero-order chi connectivity index (χ0) is 17.7. The summed E-state index contributed by atoms with van der Waals surface area (Å²) < 4.78 is 0. The van der Waals surface area contributed by atoms with Gasteiger partial charge in [-0.05, 0) is 24.6 Å². The summed E-state index contributed by atoms with van der Waals surface area (Å²) in [5.74, 6) is -2.63. The lowest BCUT2D eigenvalue weighted by Crippen LogP contribution is -2.56. The molecule has 0 saturated carbocycles. The molecule has 1 aromatic carbocycles. The minimum atomic E-state index is -1.01. The average molecular weight is 333 g/mol. The fraction of sp³-hybridized carbons (Fsp3) is 0.375. The Hall–Kier alpha value is -2.90. The Balaban J connectivity index is 1.84. The van der Waals surface area contributed by atoms with Crippen LogP contribution in [0.3, 0.4) is 0 Å². The third kappa shape index (κ3) is 4.09. The van der Waals surface area contributed by atoms with Crippen molar-refractivity contribution in [1.82, 2.24) is 15.1 Å². The summed E-state index contributed by atoms with van der Waals surface area (Å²) in [5.41, 5.74) is 0.912. The highest BCUT2D eigenvalue weighted by molar-refractivity contribution is 6.35. The van der Waals surface area contributed by atoms with E-state index in [1.807, 2.05) is 0 Å². The molecule has 1 saturated heterocycles. The van der Waals surface area contributed by atoms with Gasteiger partial charge in [0, 0.05) is 26.2 Å². The van der Waals surface area contributed by atoms with Crippen molar-refractivity contribution < 1.29 is 24.3 Å². The number of likely N-dealkylation sites (N-methyl/N-ethyl adjacent to an activating group) is 1. The van der Waals surface area contributed by atoms with Gasteiger partial charge in [-0.2, -0.15) is 0 Å². The van der Waals surface area contributed by atoms with Crippen LogP contribution in [-0.2, 0) is 20.9 Å². The van der Waals surface area contributed by atoms with Gasteiger partial charge in [-0.25, -0.2) is 4.79 Å². The fourth-order valence-corrected chi connectivity index (χ4v) is 2.36. The maximum Gasteiger partial charge on any atom is 0.335 e. The van der Waals surface area contributed by atoms with Gasteiger partial charge in [-0.3, -0.25) is 14.4 Å². The summed E-state index contributed by atoms with van der Waals surface area (Å²) in [5, 5.41) is 11.5. The Morgan fingerprint density at radius 1 is 1.08 bits per heavy atom. The number of rotatable bonds is 6. The van der Waals surface area contributed by atoms with Crippen LogP contribution in [0.2, 0.25) is 0 Å². The quantitative estimate of drug-likeness (QED) is 0.695. The molecular weight excluding hydrogens is 314 g/mol. The number of piperazine rings is 1. The van der Waals surface area contributed by atoms with E-state index in [1.165, 1.54) is 21.9 Å². The summed E-state index contributed by atoms with van der Waals surface area (Å²) in [7, 11) is 0. The number of nitrogens with zero attached hydrogens (tertiary/aromatic N) is 2. The molecule has 1 aromatic rings. The number of hydrogen-bond acceptors (Lipinski definition) is 4. The number of benzene rings is 1. The molecule has 8 nitrogen and oxygen atoms in total. The van der Waals surface area contributed by atoms with Crippen LogP contribution in [0, 0.1) is 0 Å². The molecule has 0 atom stereocenters. The third-order valence-corrected chi connectivity index (χ3v) is 3.80. The van der Waals surface area contributed by atoms with Crippen LogP contribution >= 0.6 is 0 Å². The van der Waals surface area contributed by atoms with Crippen molar-refractivity contribution in [2.45, 2.75) is 13.5 Å². The first-order valence-electron chi connectivity index (χ1n) is 7.59. The molecule has 0 aromatic heterocycles. The van der Waals surface area contributed by atoms with Crippen LogP contribution in [0.1, 0.15) is 22.8 Å². The second-order valence-electron chi connectivity index (χ2n) is 5.39. The van der Waals surface area contributed by atoms with E-state index in [4.69, 9.17) is 5.11 Å². The Morgan fingerprint density at radius 2 is 1.67 bits per heavy atom. The number of carboxylic acids is 1. The molecule has 8 heteroatoms. The van der Waals surface area contributed by atoms with Gasteiger partial charge >= 0.3 is 17.8 Å². The average Bonchev–Trinajstić information content (AvgIpc) is 2.58. The minimum Gasteiger partial charge on any atom is -0.478 e. The molecule has 1 aliphatic heterocycles. The maximum atomic E-state index is 11.9. The van der Waals surface area contributed by atoms with E-state index in [-0.39, 0.29) is 24.6 Å². The lowest BCUT2D eigenvalue weighted by molar-refractivity contribution is -0.156. The van der Waals surface area contributed by atoms with E-state index in [9.17, 15) is 19.2 Å². The van der Waals surface area contributed by atoms with E-state index >= 15 is 0 Å². The predicted molar refractivity (Wildman–Crippen MR) is 84.1 cm³/mol. The third-order valence-electron chi connectivity index (χ3n) is 3.80. The van der Waals surface area contributed by atoms with Gasteiger partial charge in [0.15, 0.2) is 0 Å². The molecule has 0 unspecified atom stereocenters. The van der Waals surface area contributed by atoms with Crippen LogP contribution in [0.25, 0.3) is 0 Å². The molecule has 1 fully saturated rings. The van der Waals surface area contributed by atoms with E-state index in [1.54, 1.807) is 19.1 Å². The highest BCUT2D eigenvalue weighted by atomic mass is 16.4. The van der Waals surface area contributed by atoms with Crippen LogP contribution in [0.4, 0.5) is 0 Å². The topological polar surface area (TPSA) is 107 Å². The van der Waals surface area contributed by atoms with Crippen molar-refractivity contribution in [2.24, 2.45) is 0 Å². The maximum absolute atomic E-state index is 11.9. The number of hydrogen-bond donors (Lipinski definition) is 2. The monoisotopic (exact) mass is 333 g/mol. The van der Waals surface area contributed by atoms with Gasteiger partial charge in [0.1, 0.15) is 6.54 Å². The fourth-order valence-electron chi connectivity index (χ4n) is 2.36. The van der Waals surface area contributed by atoms with Crippen LogP contribution in [0.15, 0.2) is 24.3 Å². The standard InChI is InChI=1S/C16H19N3O5/c1-2-18-7-8-19(15(22)14(18)21)10-13(20)17-9-11-3-5-12(6-4-11)16(23)24/h3-6H,2,7-10H2,1H3,(H,17,20)(H,23,24). The Labute approximate surface area is 139 Å². The molecule has 128 valence electrons. The zero-order valence-corrected chi connectivity index (χ0v) is 13.3. The normalized spacial score (nSPS) is 14.7. The summed E-state index contributed by atoms with van der Waals surface area (Å²) in [4.78, 5) is 49.1. The molecular formula is C16H19N3O5. The minimum absolute atomic E-state index is 0.169. The summed E-state index contributed by atoms with van der Waals surface area (Å²) >= 11 is 0. The predicted octanol–water partition coefficient (Wildman–Crippen LogP) is -0.308. The molecule has 24 heavy (non-hydrogen) atoms. The molecule has 2 rings (SSSR count). The molecule has 2 N–H and O–H groups in total. The molecule has 1 aliphatic rings. The van der Waals surface area contributed by atoms with Crippen LogP contribution in [0.5, 0.6) is 0 Å². The number of aromatic carboxylic acids is 1. The molecule has 0 bridgehead atoms. The first-order chi connectivity index (χ1) is 11.4. The van der Waals surface area contributed by atoms with E-state index in [0.29, 0.717) is 19.6 Å². The largest absolute Gasteiger partial charge is 0.478 e. The molecule has 3 amide bonds. The summed E-state index contributed by atoms with van der Waals surface area (Å²) in [6.07, 6.45) is 0. The van der Waals surface area contributed by atoms with Gasteiger partial charge in [0.25, 0.3) is 0 Å². The number of carbonyl (C=O) groups excluding carboxylic acids is 3. The Bertz CT molecular complexity index is 656. The van der Waals surface area contributed by atoms with Crippen molar-refractivity contribution in [3.63, 3.8) is 0 Å². The van der Waals surface area contributed by atoms with Gasteiger partial charge in [0.05, 0.1) is 5.56 Å². The second-order valence-corrected chi connectivity index (χ2v) is 5.39. The first kappa shape index (κ1) is 17.5. The number of carboxylic acid groups (broad SMARTS) is 1. The van der Waals surface area contributed by atoms with E-state index in [0.717, 1.165) is 5.56 Å². The van der Waals surface area contributed by atoms with Crippen molar-refractivity contribution >= 4 is 23.7 Å². The van der Waals surface area contributed by atoms with Gasteiger partial charge in [-0.15, -0.1) is 0 Å². The SMILES string of the molecule is CCN1CCN(CC(=O)NCc2ccc(C(=O)O)cc2)C(=O)C1=O. The molecule has 1 heterocycles. The van der Waals surface area contributed by atoms with Crippen molar-refractivity contribution in [1.29, 1.82) is 0 Å². The van der Waals surface area contributed by atoms with Gasteiger partial charge in [0.2, 0.25) is 5.91 Å². The molecule has 0 spiro atoms. The van der Waals surface area contributed by atoms with E-state index in [2.05, 4.69) is 5.32 Å².